The van der Waals surface area contributed by atoms with E-state index < -0.39 is 31.0 Å². The first-order valence-electron chi connectivity index (χ1n) is 11.5. The molecule has 1 aliphatic rings. The smallest absolute Gasteiger partial charge is 0.339 e. The fraction of sp³-hybridized carbons (Fsp3) is 0.148. The molecule has 0 aromatic heterocycles. The number of carbonyl (C=O) groups excluding carboxylic acids is 1. The predicted molar refractivity (Wildman–Crippen MR) is 145 cm³/mol. The second-order valence-electron chi connectivity index (χ2n) is 8.81. The molecular weight excluding hydrogens is 528 g/mol. The van der Waals surface area contributed by atoms with Crippen LogP contribution in [0.3, 0.4) is 0 Å². The van der Waals surface area contributed by atoms with Gasteiger partial charge in [0.15, 0.2) is 0 Å². The summed E-state index contributed by atoms with van der Waals surface area (Å²) in [6.45, 7) is 3.50. The zero-order chi connectivity index (χ0) is 27.4. The molecule has 0 aliphatic heterocycles. The summed E-state index contributed by atoms with van der Waals surface area (Å²) in [7, 11) is -7.92. The Morgan fingerprint density at radius 1 is 0.789 bits per heavy atom. The lowest BCUT2D eigenvalue weighted by Gasteiger charge is -2.26. The maximum atomic E-state index is 12.8. The summed E-state index contributed by atoms with van der Waals surface area (Å²) in [5.41, 5.74) is 1.80. The van der Waals surface area contributed by atoms with E-state index in [0.29, 0.717) is 17.8 Å². The molecule has 3 aromatic rings. The Balaban J connectivity index is 1.32. The monoisotopic (exact) mass is 554 g/mol. The van der Waals surface area contributed by atoms with Gasteiger partial charge in [0.2, 0.25) is 0 Å². The highest BCUT2D eigenvalue weighted by atomic mass is 32.2. The molecule has 0 fully saturated rings. The number of rotatable bonds is 8. The molecule has 0 radical (unpaired) electrons. The molecule has 0 spiro atoms. The van der Waals surface area contributed by atoms with E-state index in [1.54, 1.807) is 37.3 Å². The van der Waals surface area contributed by atoms with Crippen molar-refractivity contribution >= 4 is 37.6 Å². The Hall–Kier alpha value is -4.09. The molecule has 1 atom stereocenters. The summed E-state index contributed by atoms with van der Waals surface area (Å²) in [4.78, 5) is 12.4. The van der Waals surface area contributed by atoms with Gasteiger partial charge in [0.1, 0.15) is 21.1 Å². The van der Waals surface area contributed by atoms with Gasteiger partial charge >= 0.3 is 26.3 Å². The van der Waals surface area contributed by atoms with Gasteiger partial charge in [-0.05, 0) is 80.9 Å². The van der Waals surface area contributed by atoms with Gasteiger partial charge in [-0.15, -0.1) is 0 Å². The molecule has 9 nitrogen and oxygen atoms in total. The van der Waals surface area contributed by atoms with Crippen LogP contribution < -0.4 is 19.0 Å². The Kier molecular flexibility index (Phi) is 7.61. The van der Waals surface area contributed by atoms with E-state index in [4.69, 9.17) is 8.37 Å². The van der Waals surface area contributed by atoms with Crippen LogP contribution in [0.15, 0.2) is 108 Å². The zero-order valence-corrected chi connectivity index (χ0v) is 22.3. The Morgan fingerprint density at radius 3 is 1.82 bits per heavy atom. The van der Waals surface area contributed by atoms with E-state index >= 15 is 0 Å². The summed E-state index contributed by atoms with van der Waals surface area (Å²) in [6.07, 6.45) is 5.54. The maximum absolute atomic E-state index is 12.8. The molecule has 0 saturated heterocycles. The maximum Gasteiger partial charge on any atom is 0.339 e. The minimum Gasteiger partial charge on any atom is -0.382 e. The summed E-state index contributed by atoms with van der Waals surface area (Å²) in [5.74, 6) is 0.215. The summed E-state index contributed by atoms with van der Waals surface area (Å²) < 4.78 is 59.5. The van der Waals surface area contributed by atoms with Crippen LogP contribution in [0.25, 0.3) is 0 Å². The van der Waals surface area contributed by atoms with Crippen molar-refractivity contribution in [2.45, 2.75) is 29.9 Å². The summed E-state index contributed by atoms with van der Waals surface area (Å²) in [5, 5.41) is 5.25. The average Bonchev–Trinajstić information content (AvgIpc) is 2.88. The number of nitrogens with one attached hydrogen (secondary N) is 2. The number of carbonyl (C=O) groups is 1. The predicted octanol–water partition coefficient (Wildman–Crippen LogP) is 5.47. The minimum absolute atomic E-state index is 0.0304. The molecule has 38 heavy (non-hydrogen) atoms. The number of urea groups is 1. The number of anilines is 2. The second kappa shape index (κ2) is 10.7. The molecule has 198 valence electrons. The molecular formula is C27H26N2O7S2. The van der Waals surface area contributed by atoms with Crippen LogP contribution in [0, 0.1) is 0 Å². The first-order chi connectivity index (χ1) is 18.0. The van der Waals surface area contributed by atoms with Crippen molar-refractivity contribution in [1.82, 2.24) is 0 Å². The van der Waals surface area contributed by atoms with Gasteiger partial charge in [-0.25, -0.2) is 4.79 Å². The van der Waals surface area contributed by atoms with Crippen LogP contribution in [0.5, 0.6) is 11.5 Å². The van der Waals surface area contributed by atoms with Crippen molar-refractivity contribution in [3.05, 3.63) is 103 Å². The zero-order valence-electron chi connectivity index (χ0n) is 20.6. The van der Waals surface area contributed by atoms with E-state index in [-0.39, 0.29) is 16.4 Å². The van der Waals surface area contributed by atoms with E-state index in [9.17, 15) is 21.6 Å². The fourth-order valence-corrected chi connectivity index (χ4v) is 5.49. The third-order valence-electron chi connectivity index (χ3n) is 5.77. The van der Waals surface area contributed by atoms with Crippen molar-refractivity contribution in [2.24, 2.45) is 0 Å². The van der Waals surface area contributed by atoms with Crippen molar-refractivity contribution in [1.29, 1.82) is 0 Å². The Bertz CT molecular complexity index is 1580. The first kappa shape index (κ1) is 27.0. The van der Waals surface area contributed by atoms with Gasteiger partial charge in [-0.3, -0.25) is 0 Å². The third-order valence-corrected chi connectivity index (χ3v) is 8.89. The van der Waals surface area contributed by atoms with Crippen LogP contribution in [-0.4, -0.2) is 27.6 Å². The number of allylic oxidation sites excluding steroid dienone is 3. The van der Waals surface area contributed by atoms with E-state index in [1.165, 1.54) is 60.7 Å². The molecule has 3 aromatic carbocycles. The lowest BCUT2D eigenvalue weighted by atomic mass is 9.98. The van der Waals surface area contributed by atoms with Gasteiger partial charge in [0, 0.05) is 11.4 Å². The van der Waals surface area contributed by atoms with Gasteiger partial charge in [0.25, 0.3) is 0 Å². The third kappa shape index (κ3) is 6.42. The Morgan fingerprint density at radius 2 is 1.32 bits per heavy atom. The lowest BCUT2D eigenvalue weighted by Crippen LogP contribution is -2.37. The van der Waals surface area contributed by atoms with Crippen LogP contribution >= 0.6 is 0 Å². The standard InChI is InChI=1S/C27H26N2O7S2/c1-20-16-18-27(2,19-17-20)38(33,34)36-24-14-10-22(11-15-24)29-26(30)28-21-8-12-23(13-9-21)35-37(31,32)25-6-4-3-5-7-25/h3-18H,19H2,1-2H3,(H2,28,29,30). The van der Waals surface area contributed by atoms with E-state index in [2.05, 4.69) is 10.6 Å². The van der Waals surface area contributed by atoms with Crippen molar-refractivity contribution in [2.75, 3.05) is 10.6 Å². The fourth-order valence-electron chi connectivity index (χ4n) is 3.46. The SMILES string of the molecule is CC1=CCC(C)(S(=O)(=O)Oc2ccc(NC(=O)Nc3ccc(OS(=O)(=O)c4ccccc4)cc3)cc2)C=C1. The number of benzene rings is 3. The molecule has 1 aliphatic carbocycles. The van der Waals surface area contributed by atoms with Crippen molar-refractivity contribution < 1.29 is 30.0 Å². The second-order valence-corrected chi connectivity index (χ2v) is 12.4. The number of amides is 2. The molecule has 0 bridgehead atoms. The van der Waals surface area contributed by atoms with Gasteiger partial charge in [0.05, 0.1) is 0 Å². The first-order valence-corrected chi connectivity index (χ1v) is 14.4. The topological polar surface area (TPSA) is 128 Å². The van der Waals surface area contributed by atoms with Gasteiger partial charge < -0.3 is 19.0 Å². The van der Waals surface area contributed by atoms with Crippen LogP contribution in [0.2, 0.25) is 0 Å². The highest BCUT2D eigenvalue weighted by Gasteiger charge is 2.39. The highest BCUT2D eigenvalue weighted by Crippen LogP contribution is 2.31. The van der Waals surface area contributed by atoms with Crippen LogP contribution in [0.4, 0.5) is 16.2 Å². The van der Waals surface area contributed by atoms with Crippen molar-refractivity contribution in [3.8, 4) is 11.5 Å². The molecule has 1 unspecified atom stereocenters. The largest absolute Gasteiger partial charge is 0.382 e. The van der Waals surface area contributed by atoms with Gasteiger partial charge in [-0.2, -0.15) is 16.8 Å². The quantitative estimate of drug-likeness (QED) is 0.353. The normalized spacial score (nSPS) is 17.3. The summed E-state index contributed by atoms with van der Waals surface area (Å²) in [6, 6.07) is 18.9. The Labute approximate surface area is 222 Å². The molecule has 0 heterocycles. The van der Waals surface area contributed by atoms with E-state index in [0.717, 1.165) is 5.57 Å². The molecule has 4 rings (SSSR count). The summed E-state index contributed by atoms with van der Waals surface area (Å²) >= 11 is 0. The minimum atomic E-state index is -3.97. The van der Waals surface area contributed by atoms with Gasteiger partial charge in [-0.1, -0.05) is 42.0 Å². The molecule has 0 saturated carbocycles. The lowest BCUT2D eigenvalue weighted by molar-refractivity contribution is 0.262. The van der Waals surface area contributed by atoms with E-state index in [1.807, 2.05) is 13.0 Å². The van der Waals surface area contributed by atoms with Crippen LogP contribution in [0.1, 0.15) is 20.3 Å². The molecule has 11 heteroatoms. The number of hydrogen-bond donors (Lipinski definition) is 2. The molecule has 2 N–H and O–H groups in total. The van der Waals surface area contributed by atoms with Crippen LogP contribution in [-0.2, 0) is 20.2 Å². The highest BCUT2D eigenvalue weighted by molar-refractivity contribution is 7.88. The number of hydrogen-bond acceptors (Lipinski definition) is 7. The van der Waals surface area contributed by atoms with Crippen molar-refractivity contribution in [3.63, 3.8) is 0 Å². The average molecular weight is 555 g/mol. The molecule has 2 amide bonds.